The molecule has 0 radical (unpaired) electrons. The average Bonchev–Trinajstić information content (AvgIpc) is 2.16. The van der Waals surface area contributed by atoms with E-state index in [1.54, 1.807) is 6.08 Å². The second kappa shape index (κ2) is 4.97. The Labute approximate surface area is 75.9 Å². The molecule has 0 bridgehead atoms. The quantitative estimate of drug-likeness (QED) is 0.691. The minimum atomic E-state index is -0.0969. The van der Waals surface area contributed by atoms with Crippen LogP contribution in [0.4, 0.5) is 5.82 Å². The van der Waals surface area contributed by atoms with Crippen LogP contribution >= 0.6 is 0 Å². The molecule has 0 aliphatic heterocycles. The van der Waals surface area contributed by atoms with Crippen LogP contribution in [0.15, 0.2) is 25.2 Å². The van der Waals surface area contributed by atoms with Crippen molar-refractivity contribution >= 4 is 11.7 Å². The zero-order valence-electron chi connectivity index (χ0n) is 7.10. The number of hydrogen-bond donors (Lipinski definition) is 1. The predicted octanol–water partition coefficient (Wildman–Crippen LogP) is 0.776. The highest BCUT2D eigenvalue weighted by Crippen LogP contribution is 1.98. The molecular weight excluding hydrogens is 168 g/mol. The van der Waals surface area contributed by atoms with Gasteiger partial charge >= 0.3 is 0 Å². The molecule has 1 N–H and O–H groups in total. The van der Waals surface area contributed by atoms with Crippen LogP contribution in [0.2, 0.25) is 0 Å². The van der Waals surface area contributed by atoms with Crippen LogP contribution in [-0.2, 0) is 4.79 Å². The Kier molecular flexibility index (Phi) is 3.56. The number of carbonyl (C=O) groups excluding carboxylic acids is 1. The summed E-state index contributed by atoms with van der Waals surface area (Å²) in [6.45, 7) is 3.52. The highest BCUT2D eigenvalue weighted by atomic mass is 16.1. The van der Waals surface area contributed by atoms with Crippen molar-refractivity contribution in [3.05, 3.63) is 25.2 Å². The number of amides is 1. The minimum absolute atomic E-state index is 0.0969. The van der Waals surface area contributed by atoms with Gasteiger partial charge in [0.05, 0.1) is 6.20 Å². The largest absolute Gasteiger partial charge is 0.309 e. The van der Waals surface area contributed by atoms with Crippen molar-refractivity contribution < 1.29 is 4.79 Å². The Morgan fingerprint density at radius 2 is 2.46 bits per heavy atom. The molecule has 0 saturated heterocycles. The van der Waals surface area contributed by atoms with Gasteiger partial charge in [-0.1, -0.05) is 6.08 Å². The van der Waals surface area contributed by atoms with Gasteiger partial charge in [0.2, 0.25) is 5.91 Å². The summed E-state index contributed by atoms with van der Waals surface area (Å²) in [4.78, 5) is 14.9. The first-order valence-corrected chi connectivity index (χ1v) is 3.86. The van der Waals surface area contributed by atoms with Gasteiger partial charge in [-0.25, -0.2) is 4.98 Å². The molecule has 1 aromatic rings. The van der Waals surface area contributed by atoms with Crippen molar-refractivity contribution in [2.45, 2.75) is 12.8 Å². The standard InChI is InChI=1S/C8H10N4O/c1-2-3-4-8(13)12-7-5-10-11-6-9-7/h2,5-6H,1,3-4H2,(H,9,11,12,13). The zero-order chi connectivity index (χ0) is 9.52. The van der Waals surface area contributed by atoms with E-state index in [0.717, 1.165) is 0 Å². The van der Waals surface area contributed by atoms with Crippen molar-refractivity contribution in [3.63, 3.8) is 0 Å². The molecule has 0 fully saturated rings. The second-order valence-corrected chi connectivity index (χ2v) is 2.37. The van der Waals surface area contributed by atoms with Crippen LogP contribution in [0.25, 0.3) is 0 Å². The average molecular weight is 178 g/mol. The number of rotatable bonds is 4. The molecule has 0 aromatic carbocycles. The molecule has 1 aromatic heterocycles. The van der Waals surface area contributed by atoms with E-state index in [1.165, 1.54) is 12.5 Å². The normalized spacial score (nSPS) is 9.23. The molecule has 0 spiro atoms. The Morgan fingerprint density at radius 1 is 1.62 bits per heavy atom. The smallest absolute Gasteiger partial charge is 0.225 e. The maximum Gasteiger partial charge on any atom is 0.225 e. The number of nitrogens with one attached hydrogen (secondary N) is 1. The first kappa shape index (κ1) is 9.31. The molecule has 1 rings (SSSR count). The summed E-state index contributed by atoms with van der Waals surface area (Å²) in [5.74, 6) is 0.324. The van der Waals surface area contributed by atoms with Crippen LogP contribution in [0, 0.1) is 0 Å². The van der Waals surface area contributed by atoms with Crippen LogP contribution in [0.5, 0.6) is 0 Å². The highest BCUT2D eigenvalue weighted by Gasteiger charge is 2.00. The van der Waals surface area contributed by atoms with Gasteiger partial charge in [0.25, 0.3) is 0 Å². The van der Waals surface area contributed by atoms with E-state index in [2.05, 4.69) is 27.1 Å². The van der Waals surface area contributed by atoms with Gasteiger partial charge in [-0.3, -0.25) is 4.79 Å². The summed E-state index contributed by atoms with van der Waals surface area (Å²) in [6.07, 6.45) is 5.44. The summed E-state index contributed by atoms with van der Waals surface area (Å²) in [5.41, 5.74) is 0. The van der Waals surface area contributed by atoms with Gasteiger partial charge in [-0.2, -0.15) is 5.10 Å². The van der Waals surface area contributed by atoms with Gasteiger partial charge in [0, 0.05) is 6.42 Å². The molecule has 1 amide bonds. The number of anilines is 1. The molecule has 1 heterocycles. The van der Waals surface area contributed by atoms with Gasteiger partial charge in [-0.15, -0.1) is 11.7 Å². The molecule has 68 valence electrons. The van der Waals surface area contributed by atoms with Gasteiger partial charge in [0.1, 0.15) is 6.33 Å². The Bertz CT molecular complexity index is 285. The monoisotopic (exact) mass is 178 g/mol. The molecular formula is C8H10N4O. The van der Waals surface area contributed by atoms with Crippen LogP contribution in [0.1, 0.15) is 12.8 Å². The van der Waals surface area contributed by atoms with Crippen molar-refractivity contribution in [1.29, 1.82) is 0 Å². The molecule has 5 nitrogen and oxygen atoms in total. The lowest BCUT2D eigenvalue weighted by molar-refractivity contribution is -0.116. The van der Waals surface area contributed by atoms with E-state index in [4.69, 9.17) is 0 Å². The van der Waals surface area contributed by atoms with Gasteiger partial charge in [0.15, 0.2) is 5.82 Å². The highest BCUT2D eigenvalue weighted by molar-refractivity contribution is 5.89. The molecule has 0 unspecified atom stereocenters. The third-order valence-electron chi connectivity index (χ3n) is 1.34. The predicted molar refractivity (Wildman–Crippen MR) is 47.9 cm³/mol. The molecule has 13 heavy (non-hydrogen) atoms. The summed E-state index contributed by atoms with van der Waals surface area (Å²) >= 11 is 0. The number of nitrogens with zero attached hydrogens (tertiary/aromatic N) is 3. The Hall–Kier alpha value is -1.78. The zero-order valence-corrected chi connectivity index (χ0v) is 7.10. The lowest BCUT2D eigenvalue weighted by Gasteiger charge is -2.00. The molecule has 0 atom stereocenters. The second-order valence-electron chi connectivity index (χ2n) is 2.37. The number of carbonyl (C=O) groups is 1. The van der Waals surface area contributed by atoms with E-state index in [1.807, 2.05) is 0 Å². The lowest BCUT2D eigenvalue weighted by atomic mass is 10.3. The molecule has 0 aliphatic carbocycles. The fourth-order valence-electron chi connectivity index (χ4n) is 0.742. The van der Waals surface area contributed by atoms with E-state index in [0.29, 0.717) is 18.7 Å². The first-order chi connectivity index (χ1) is 6.33. The maximum atomic E-state index is 11.1. The summed E-state index contributed by atoms with van der Waals surface area (Å²) < 4.78 is 0. The fraction of sp³-hybridized carbons (Fsp3) is 0.250. The van der Waals surface area contributed by atoms with Crippen molar-refractivity contribution in [2.75, 3.05) is 5.32 Å². The Balaban J connectivity index is 2.41. The third-order valence-corrected chi connectivity index (χ3v) is 1.34. The third kappa shape index (κ3) is 3.42. The van der Waals surface area contributed by atoms with Crippen molar-refractivity contribution in [3.8, 4) is 0 Å². The SMILES string of the molecule is C=CCCC(=O)Nc1cnncn1. The van der Waals surface area contributed by atoms with E-state index in [9.17, 15) is 4.79 Å². The number of hydrogen-bond acceptors (Lipinski definition) is 4. The Morgan fingerprint density at radius 3 is 3.08 bits per heavy atom. The summed E-state index contributed by atoms with van der Waals surface area (Å²) in [6, 6.07) is 0. The van der Waals surface area contributed by atoms with Crippen LogP contribution in [-0.4, -0.2) is 21.1 Å². The number of allylic oxidation sites excluding steroid dienone is 1. The van der Waals surface area contributed by atoms with E-state index in [-0.39, 0.29) is 5.91 Å². The first-order valence-electron chi connectivity index (χ1n) is 3.86. The van der Waals surface area contributed by atoms with Crippen LogP contribution in [0.3, 0.4) is 0 Å². The summed E-state index contributed by atoms with van der Waals surface area (Å²) in [7, 11) is 0. The van der Waals surface area contributed by atoms with Crippen molar-refractivity contribution in [2.24, 2.45) is 0 Å². The summed E-state index contributed by atoms with van der Waals surface area (Å²) in [5, 5.41) is 9.63. The molecule has 0 aliphatic rings. The lowest BCUT2D eigenvalue weighted by Crippen LogP contribution is -2.12. The molecule has 0 saturated carbocycles. The number of aromatic nitrogens is 3. The van der Waals surface area contributed by atoms with E-state index < -0.39 is 0 Å². The minimum Gasteiger partial charge on any atom is -0.309 e. The van der Waals surface area contributed by atoms with Crippen molar-refractivity contribution in [1.82, 2.24) is 15.2 Å². The maximum absolute atomic E-state index is 11.1. The van der Waals surface area contributed by atoms with E-state index >= 15 is 0 Å². The topological polar surface area (TPSA) is 67.8 Å². The van der Waals surface area contributed by atoms with Gasteiger partial charge in [-0.05, 0) is 6.42 Å². The molecule has 5 heteroatoms. The van der Waals surface area contributed by atoms with Crippen LogP contribution < -0.4 is 5.32 Å². The fourth-order valence-corrected chi connectivity index (χ4v) is 0.742. The van der Waals surface area contributed by atoms with Gasteiger partial charge < -0.3 is 5.32 Å².